The number of benzene rings is 1. The number of thiazole rings is 1. The molecular formula is C18H23N3O2S. The van der Waals surface area contributed by atoms with Crippen molar-refractivity contribution in [1.29, 1.82) is 0 Å². The SMILES string of the molecule is Cc1cccc(Cc2cnc(NC(=O)CNC(=O)C(C)(C)C)s2)c1. The number of nitrogens with zero attached hydrogens (tertiary/aromatic N) is 1. The molecule has 0 radical (unpaired) electrons. The highest BCUT2D eigenvalue weighted by molar-refractivity contribution is 7.15. The lowest BCUT2D eigenvalue weighted by molar-refractivity contribution is -0.130. The van der Waals surface area contributed by atoms with Gasteiger partial charge in [-0.25, -0.2) is 4.98 Å². The van der Waals surface area contributed by atoms with E-state index in [4.69, 9.17) is 0 Å². The van der Waals surface area contributed by atoms with Gasteiger partial charge in [-0.15, -0.1) is 11.3 Å². The molecule has 6 heteroatoms. The maximum absolute atomic E-state index is 11.9. The van der Waals surface area contributed by atoms with Crippen molar-refractivity contribution in [3.05, 3.63) is 46.5 Å². The predicted octanol–water partition coefficient (Wildman–Crippen LogP) is 3.14. The third kappa shape index (κ3) is 5.45. The number of hydrogen-bond acceptors (Lipinski definition) is 4. The van der Waals surface area contributed by atoms with Crippen molar-refractivity contribution in [3.8, 4) is 0 Å². The van der Waals surface area contributed by atoms with Crippen LogP contribution in [0.5, 0.6) is 0 Å². The molecule has 0 unspecified atom stereocenters. The summed E-state index contributed by atoms with van der Waals surface area (Å²) in [5, 5.41) is 5.89. The van der Waals surface area contributed by atoms with Crippen molar-refractivity contribution in [2.75, 3.05) is 11.9 Å². The molecule has 0 atom stereocenters. The molecule has 0 aliphatic rings. The highest BCUT2D eigenvalue weighted by atomic mass is 32.1. The van der Waals surface area contributed by atoms with E-state index in [1.807, 2.05) is 6.07 Å². The lowest BCUT2D eigenvalue weighted by atomic mass is 9.96. The van der Waals surface area contributed by atoms with Gasteiger partial charge in [-0.1, -0.05) is 50.6 Å². The van der Waals surface area contributed by atoms with Crippen LogP contribution in [0.1, 0.15) is 36.8 Å². The monoisotopic (exact) mass is 345 g/mol. The largest absolute Gasteiger partial charge is 0.347 e. The molecule has 1 aromatic heterocycles. The molecule has 0 aliphatic carbocycles. The van der Waals surface area contributed by atoms with Crippen LogP contribution in [0.15, 0.2) is 30.5 Å². The third-order valence-electron chi connectivity index (χ3n) is 3.35. The Morgan fingerprint density at radius 3 is 2.67 bits per heavy atom. The van der Waals surface area contributed by atoms with Crippen LogP contribution in [-0.2, 0) is 16.0 Å². The van der Waals surface area contributed by atoms with Gasteiger partial charge in [0.2, 0.25) is 11.8 Å². The maximum Gasteiger partial charge on any atom is 0.245 e. The van der Waals surface area contributed by atoms with Gasteiger partial charge >= 0.3 is 0 Å². The molecule has 0 aliphatic heterocycles. The number of nitrogens with one attached hydrogen (secondary N) is 2. The van der Waals surface area contributed by atoms with E-state index < -0.39 is 5.41 Å². The predicted molar refractivity (Wildman–Crippen MR) is 97.2 cm³/mol. The van der Waals surface area contributed by atoms with E-state index in [0.29, 0.717) is 5.13 Å². The highest BCUT2D eigenvalue weighted by Gasteiger charge is 2.21. The second-order valence-electron chi connectivity index (χ2n) is 6.78. The summed E-state index contributed by atoms with van der Waals surface area (Å²) in [4.78, 5) is 29.0. The van der Waals surface area contributed by atoms with Crippen LogP contribution >= 0.6 is 11.3 Å². The zero-order chi connectivity index (χ0) is 17.7. The topological polar surface area (TPSA) is 71.1 Å². The van der Waals surface area contributed by atoms with Crippen LogP contribution in [-0.4, -0.2) is 23.3 Å². The number of carbonyl (C=O) groups excluding carboxylic acids is 2. The number of hydrogen-bond donors (Lipinski definition) is 2. The first-order chi connectivity index (χ1) is 11.2. The van der Waals surface area contributed by atoms with E-state index in [2.05, 4.69) is 40.7 Å². The molecule has 128 valence electrons. The van der Waals surface area contributed by atoms with Gasteiger partial charge in [0.05, 0.1) is 6.54 Å². The van der Waals surface area contributed by atoms with Gasteiger partial charge in [-0.3, -0.25) is 9.59 Å². The van der Waals surface area contributed by atoms with Crippen molar-refractivity contribution >= 4 is 28.3 Å². The van der Waals surface area contributed by atoms with Gasteiger partial charge < -0.3 is 10.6 Å². The Labute approximate surface area is 146 Å². The van der Waals surface area contributed by atoms with E-state index in [1.165, 1.54) is 22.5 Å². The average molecular weight is 345 g/mol. The summed E-state index contributed by atoms with van der Waals surface area (Å²) in [6, 6.07) is 8.31. The zero-order valence-electron chi connectivity index (χ0n) is 14.5. The summed E-state index contributed by atoms with van der Waals surface area (Å²) in [6.07, 6.45) is 2.56. The molecule has 2 N–H and O–H groups in total. The minimum Gasteiger partial charge on any atom is -0.347 e. The van der Waals surface area contributed by atoms with Crippen LogP contribution in [0.4, 0.5) is 5.13 Å². The van der Waals surface area contributed by atoms with Crippen molar-refractivity contribution in [2.24, 2.45) is 5.41 Å². The molecule has 2 aromatic rings. The quantitative estimate of drug-likeness (QED) is 0.874. The molecule has 2 rings (SSSR count). The van der Waals surface area contributed by atoms with Crippen LogP contribution in [0.3, 0.4) is 0 Å². The number of carbonyl (C=O) groups is 2. The van der Waals surface area contributed by atoms with Crippen LogP contribution < -0.4 is 10.6 Å². The van der Waals surface area contributed by atoms with E-state index in [9.17, 15) is 9.59 Å². The molecular weight excluding hydrogens is 322 g/mol. The van der Waals surface area contributed by atoms with Gasteiger partial charge in [-0.05, 0) is 12.5 Å². The fraction of sp³-hybridized carbons (Fsp3) is 0.389. The molecule has 0 spiro atoms. The minimum atomic E-state index is -0.511. The number of anilines is 1. The summed E-state index contributed by atoms with van der Waals surface area (Å²) < 4.78 is 0. The Morgan fingerprint density at radius 1 is 1.25 bits per heavy atom. The molecule has 24 heavy (non-hydrogen) atoms. The third-order valence-corrected chi connectivity index (χ3v) is 4.26. The summed E-state index contributed by atoms with van der Waals surface area (Å²) in [5.74, 6) is -0.430. The Morgan fingerprint density at radius 2 is 2.00 bits per heavy atom. The van der Waals surface area contributed by atoms with Gasteiger partial charge in [0.15, 0.2) is 5.13 Å². The second-order valence-corrected chi connectivity index (χ2v) is 7.89. The zero-order valence-corrected chi connectivity index (χ0v) is 15.3. The Bertz CT molecular complexity index is 732. The Kier molecular flexibility index (Phi) is 5.72. The standard InChI is InChI=1S/C18H23N3O2S/c1-12-6-5-7-13(8-12)9-14-10-20-17(24-14)21-15(22)11-19-16(23)18(2,3)4/h5-8,10H,9,11H2,1-4H3,(H,19,23)(H,20,21,22). The maximum atomic E-state index is 11.9. The van der Waals surface area contributed by atoms with E-state index in [-0.39, 0.29) is 18.4 Å². The van der Waals surface area contributed by atoms with Crippen molar-refractivity contribution in [1.82, 2.24) is 10.3 Å². The fourth-order valence-corrected chi connectivity index (χ4v) is 2.92. The molecule has 1 aromatic carbocycles. The summed E-state index contributed by atoms with van der Waals surface area (Å²) in [7, 11) is 0. The first-order valence-electron chi connectivity index (χ1n) is 7.82. The van der Waals surface area contributed by atoms with Crippen LogP contribution in [0.25, 0.3) is 0 Å². The van der Waals surface area contributed by atoms with E-state index in [1.54, 1.807) is 27.0 Å². The van der Waals surface area contributed by atoms with Crippen molar-refractivity contribution in [2.45, 2.75) is 34.1 Å². The summed E-state index contributed by atoms with van der Waals surface area (Å²) >= 11 is 1.45. The number of aromatic nitrogens is 1. The number of aryl methyl sites for hydroxylation is 1. The Balaban J connectivity index is 1.87. The van der Waals surface area contributed by atoms with Crippen molar-refractivity contribution < 1.29 is 9.59 Å². The first kappa shape index (κ1) is 18.1. The Hall–Kier alpha value is -2.21. The van der Waals surface area contributed by atoms with Gasteiger partial charge in [-0.2, -0.15) is 0 Å². The van der Waals surface area contributed by atoms with Crippen molar-refractivity contribution in [3.63, 3.8) is 0 Å². The lowest BCUT2D eigenvalue weighted by Gasteiger charge is -2.17. The van der Waals surface area contributed by atoms with Gasteiger partial charge in [0.25, 0.3) is 0 Å². The smallest absolute Gasteiger partial charge is 0.245 e. The van der Waals surface area contributed by atoms with Crippen LogP contribution in [0.2, 0.25) is 0 Å². The van der Waals surface area contributed by atoms with E-state index in [0.717, 1.165) is 11.3 Å². The minimum absolute atomic E-state index is 0.0527. The van der Waals surface area contributed by atoms with Gasteiger partial charge in [0.1, 0.15) is 0 Å². The second kappa shape index (κ2) is 7.57. The molecule has 0 saturated carbocycles. The molecule has 2 amide bonds. The molecule has 0 fully saturated rings. The highest BCUT2D eigenvalue weighted by Crippen LogP contribution is 2.21. The first-order valence-corrected chi connectivity index (χ1v) is 8.64. The van der Waals surface area contributed by atoms with E-state index >= 15 is 0 Å². The normalized spacial score (nSPS) is 11.2. The average Bonchev–Trinajstić information content (AvgIpc) is 2.90. The number of rotatable bonds is 5. The number of amides is 2. The van der Waals surface area contributed by atoms with Gasteiger partial charge in [0, 0.05) is 22.9 Å². The van der Waals surface area contributed by atoms with Crippen LogP contribution in [0, 0.1) is 12.3 Å². The molecule has 0 saturated heterocycles. The summed E-state index contributed by atoms with van der Waals surface area (Å²) in [6.45, 7) is 7.42. The molecule has 1 heterocycles. The molecule has 5 nitrogen and oxygen atoms in total. The summed E-state index contributed by atoms with van der Waals surface area (Å²) in [5.41, 5.74) is 1.93. The fourth-order valence-electron chi connectivity index (χ4n) is 2.06. The lowest BCUT2D eigenvalue weighted by Crippen LogP contribution is -2.39. The molecule has 0 bridgehead atoms.